The number of rotatable bonds is 2. The molecular formula is C12H13N3O. The van der Waals surface area contributed by atoms with Gasteiger partial charge in [0.25, 0.3) is 0 Å². The number of carbonyl (C=O) groups excluding carboxylic acids is 1. The lowest BCUT2D eigenvalue weighted by Crippen LogP contribution is -2.17. The number of carbonyl (C=O) groups is 1. The minimum Gasteiger partial charge on any atom is -0.307 e. The van der Waals surface area contributed by atoms with Crippen molar-refractivity contribution in [1.29, 1.82) is 0 Å². The fraction of sp³-hybridized carbons (Fsp3) is 0.167. The van der Waals surface area contributed by atoms with Crippen LogP contribution in [0, 0.1) is 0 Å². The van der Waals surface area contributed by atoms with Crippen molar-refractivity contribution in [3.8, 4) is 0 Å². The molecule has 82 valence electrons. The average molecular weight is 215 g/mol. The van der Waals surface area contributed by atoms with Crippen molar-refractivity contribution < 1.29 is 4.79 Å². The maximum atomic E-state index is 11.7. The summed E-state index contributed by atoms with van der Waals surface area (Å²) in [7, 11) is 0. The normalized spacial score (nSPS) is 10.1. The fourth-order valence-corrected chi connectivity index (χ4v) is 1.44. The van der Waals surface area contributed by atoms with E-state index in [-0.39, 0.29) is 6.03 Å². The molecule has 0 aliphatic rings. The van der Waals surface area contributed by atoms with Gasteiger partial charge in [0.2, 0.25) is 0 Å². The highest BCUT2D eigenvalue weighted by atomic mass is 16.2. The first-order valence-electron chi connectivity index (χ1n) is 5.18. The molecule has 0 aliphatic heterocycles. The minimum atomic E-state index is -0.203. The molecule has 0 spiro atoms. The number of aryl methyl sites for hydroxylation is 1. The number of imidazole rings is 1. The van der Waals surface area contributed by atoms with Gasteiger partial charge in [-0.2, -0.15) is 0 Å². The summed E-state index contributed by atoms with van der Waals surface area (Å²) in [4.78, 5) is 15.5. The van der Waals surface area contributed by atoms with Gasteiger partial charge in [-0.05, 0) is 24.1 Å². The number of amides is 1. The van der Waals surface area contributed by atoms with Crippen molar-refractivity contribution in [3.63, 3.8) is 0 Å². The van der Waals surface area contributed by atoms with Gasteiger partial charge in [0.1, 0.15) is 6.33 Å². The Balaban J connectivity index is 2.12. The van der Waals surface area contributed by atoms with Crippen LogP contribution >= 0.6 is 0 Å². The molecule has 0 atom stereocenters. The van der Waals surface area contributed by atoms with E-state index >= 15 is 0 Å². The van der Waals surface area contributed by atoms with Crippen molar-refractivity contribution in [2.24, 2.45) is 0 Å². The van der Waals surface area contributed by atoms with E-state index in [1.165, 1.54) is 16.5 Å². The first-order valence-corrected chi connectivity index (χ1v) is 5.18. The number of nitrogens with zero attached hydrogens (tertiary/aromatic N) is 2. The quantitative estimate of drug-likeness (QED) is 0.836. The predicted molar refractivity (Wildman–Crippen MR) is 62.5 cm³/mol. The molecule has 1 N–H and O–H groups in total. The number of hydrogen-bond acceptors (Lipinski definition) is 2. The van der Waals surface area contributed by atoms with Crippen LogP contribution in [0.5, 0.6) is 0 Å². The summed E-state index contributed by atoms with van der Waals surface area (Å²) in [5.41, 5.74) is 2.00. The molecule has 4 heteroatoms. The largest absolute Gasteiger partial charge is 0.331 e. The van der Waals surface area contributed by atoms with Crippen molar-refractivity contribution in [2.45, 2.75) is 13.3 Å². The molecule has 1 amide bonds. The SMILES string of the molecule is CCc1cccc(NC(=O)n2ccnc2)c1. The highest BCUT2D eigenvalue weighted by Crippen LogP contribution is 2.11. The summed E-state index contributed by atoms with van der Waals surface area (Å²) < 4.78 is 1.40. The van der Waals surface area contributed by atoms with Gasteiger partial charge in [-0.15, -0.1) is 0 Å². The van der Waals surface area contributed by atoms with Gasteiger partial charge in [0, 0.05) is 18.1 Å². The maximum Gasteiger partial charge on any atom is 0.331 e. The van der Waals surface area contributed by atoms with Crippen LogP contribution in [0.4, 0.5) is 10.5 Å². The third kappa shape index (κ3) is 2.28. The second-order valence-corrected chi connectivity index (χ2v) is 3.45. The molecule has 2 rings (SSSR count). The smallest absolute Gasteiger partial charge is 0.307 e. The number of nitrogens with one attached hydrogen (secondary N) is 1. The van der Waals surface area contributed by atoms with E-state index < -0.39 is 0 Å². The maximum absolute atomic E-state index is 11.7. The van der Waals surface area contributed by atoms with Crippen LogP contribution in [0.3, 0.4) is 0 Å². The van der Waals surface area contributed by atoms with Gasteiger partial charge < -0.3 is 5.32 Å². The Morgan fingerprint density at radius 3 is 3.06 bits per heavy atom. The van der Waals surface area contributed by atoms with E-state index in [0.29, 0.717) is 0 Å². The minimum absolute atomic E-state index is 0.203. The number of benzene rings is 1. The van der Waals surface area contributed by atoms with Gasteiger partial charge in [-0.3, -0.25) is 4.57 Å². The van der Waals surface area contributed by atoms with Crippen molar-refractivity contribution in [2.75, 3.05) is 5.32 Å². The third-order valence-electron chi connectivity index (χ3n) is 2.33. The van der Waals surface area contributed by atoms with Crippen LogP contribution in [-0.2, 0) is 6.42 Å². The van der Waals surface area contributed by atoms with Crippen LogP contribution in [0.1, 0.15) is 12.5 Å². The summed E-state index contributed by atoms with van der Waals surface area (Å²) in [5.74, 6) is 0. The third-order valence-corrected chi connectivity index (χ3v) is 2.33. The van der Waals surface area contributed by atoms with E-state index in [9.17, 15) is 4.79 Å². The Bertz CT molecular complexity index is 477. The second-order valence-electron chi connectivity index (χ2n) is 3.45. The van der Waals surface area contributed by atoms with Crippen LogP contribution in [0.2, 0.25) is 0 Å². The summed E-state index contributed by atoms with van der Waals surface area (Å²) in [6, 6.07) is 7.60. The van der Waals surface area contributed by atoms with Crippen LogP contribution < -0.4 is 5.32 Å². The van der Waals surface area contributed by atoms with Crippen LogP contribution in [0.25, 0.3) is 0 Å². The lowest BCUT2D eigenvalue weighted by atomic mass is 10.1. The van der Waals surface area contributed by atoms with E-state index in [1.807, 2.05) is 24.3 Å². The summed E-state index contributed by atoms with van der Waals surface area (Å²) in [6.07, 6.45) is 5.61. The lowest BCUT2D eigenvalue weighted by molar-refractivity contribution is 0.253. The standard InChI is InChI=1S/C12H13N3O/c1-2-10-4-3-5-11(8-10)14-12(16)15-7-6-13-9-15/h3-9H,2H2,1H3,(H,14,16). The van der Waals surface area contributed by atoms with Crippen LogP contribution in [0.15, 0.2) is 43.0 Å². The van der Waals surface area contributed by atoms with Gasteiger partial charge in [0.15, 0.2) is 0 Å². The van der Waals surface area contributed by atoms with E-state index in [4.69, 9.17) is 0 Å². The zero-order valence-electron chi connectivity index (χ0n) is 9.05. The van der Waals surface area contributed by atoms with Crippen molar-refractivity contribution in [3.05, 3.63) is 48.5 Å². The van der Waals surface area contributed by atoms with Crippen LogP contribution in [-0.4, -0.2) is 15.6 Å². The van der Waals surface area contributed by atoms with E-state index in [0.717, 1.165) is 12.1 Å². The van der Waals surface area contributed by atoms with Gasteiger partial charge in [-0.1, -0.05) is 19.1 Å². The molecule has 0 unspecified atom stereocenters. The zero-order valence-corrected chi connectivity index (χ0v) is 9.05. The first kappa shape index (κ1) is 10.4. The molecule has 0 saturated heterocycles. The Kier molecular flexibility index (Phi) is 3.00. The van der Waals surface area contributed by atoms with E-state index in [1.54, 1.807) is 12.4 Å². The highest BCUT2D eigenvalue weighted by Gasteiger charge is 2.03. The van der Waals surface area contributed by atoms with Gasteiger partial charge >= 0.3 is 6.03 Å². The average Bonchev–Trinajstić information content (AvgIpc) is 2.83. The molecule has 1 heterocycles. The van der Waals surface area contributed by atoms with Crippen molar-refractivity contribution >= 4 is 11.7 Å². The molecule has 0 fully saturated rings. The lowest BCUT2D eigenvalue weighted by Gasteiger charge is -2.06. The summed E-state index contributed by atoms with van der Waals surface area (Å²) >= 11 is 0. The predicted octanol–water partition coefficient (Wildman–Crippen LogP) is 2.53. The zero-order chi connectivity index (χ0) is 11.4. The van der Waals surface area contributed by atoms with E-state index in [2.05, 4.69) is 17.2 Å². The molecule has 16 heavy (non-hydrogen) atoms. The Morgan fingerprint density at radius 2 is 2.38 bits per heavy atom. The molecule has 0 radical (unpaired) electrons. The molecule has 1 aromatic carbocycles. The molecule has 2 aromatic rings. The number of aromatic nitrogens is 2. The fourth-order valence-electron chi connectivity index (χ4n) is 1.44. The molecule has 0 bridgehead atoms. The van der Waals surface area contributed by atoms with Gasteiger partial charge in [-0.25, -0.2) is 9.78 Å². The highest BCUT2D eigenvalue weighted by molar-refractivity contribution is 5.90. The molecule has 0 aliphatic carbocycles. The Labute approximate surface area is 93.9 Å². The number of hydrogen-bond donors (Lipinski definition) is 1. The first-order chi connectivity index (χ1) is 7.79. The molecular weight excluding hydrogens is 202 g/mol. The summed E-state index contributed by atoms with van der Waals surface area (Å²) in [5, 5.41) is 2.80. The summed E-state index contributed by atoms with van der Waals surface area (Å²) in [6.45, 7) is 2.08. The number of anilines is 1. The Morgan fingerprint density at radius 1 is 1.50 bits per heavy atom. The monoisotopic (exact) mass is 215 g/mol. The molecule has 1 aromatic heterocycles. The molecule has 0 saturated carbocycles. The molecule has 4 nitrogen and oxygen atoms in total. The Hall–Kier alpha value is -2.10. The topological polar surface area (TPSA) is 46.9 Å². The second kappa shape index (κ2) is 4.61. The van der Waals surface area contributed by atoms with Gasteiger partial charge in [0.05, 0.1) is 0 Å². The van der Waals surface area contributed by atoms with Crippen molar-refractivity contribution in [1.82, 2.24) is 9.55 Å².